The summed E-state index contributed by atoms with van der Waals surface area (Å²) in [6.45, 7) is 5.96. The summed E-state index contributed by atoms with van der Waals surface area (Å²) < 4.78 is 0. The first-order valence-electron chi connectivity index (χ1n) is 3.61. The summed E-state index contributed by atoms with van der Waals surface area (Å²) in [6.07, 6.45) is 0. The normalized spacial score (nSPS) is 8.45. The topological polar surface area (TPSA) is 0 Å². The van der Waals surface area contributed by atoms with Gasteiger partial charge >= 0.3 is 0 Å². The van der Waals surface area contributed by atoms with Crippen molar-refractivity contribution in [1.82, 2.24) is 0 Å². The molecule has 1 aromatic carbocycles. The molecule has 62 valence electrons. The van der Waals surface area contributed by atoms with E-state index in [0.717, 1.165) is 5.56 Å². The van der Waals surface area contributed by atoms with Crippen LogP contribution in [-0.4, -0.2) is 0 Å². The zero-order valence-corrected chi connectivity index (χ0v) is 8.50. The van der Waals surface area contributed by atoms with Gasteiger partial charge in [-0.2, -0.15) is 0 Å². The second-order valence-electron chi connectivity index (χ2n) is 1.95. The third-order valence-electron chi connectivity index (χ3n) is 1.01. The first-order chi connectivity index (χ1) is 5.18. The molecule has 0 saturated heterocycles. The Kier molecular flexibility index (Phi) is 5.35. The molecule has 1 rings (SSSR count). The highest BCUT2D eigenvalue weighted by Crippen LogP contribution is 2.17. The standard InChI is InChI=1S/C7H6Cl2.C2H6/c1-5-2-6(8)4-7(9)3-5;1-2/h2-4H,1H3;1-2H3. The van der Waals surface area contributed by atoms with E-state index in [4.69, 9.17) is 23.2 Å². The smallest absolute Gasteiger partial charge is 0.0423 e. The van der Waals surface area contributed by atoms with Crippen LogP contribution in [0.15, 0.2) is 18.2 Å². The quantitative estimate of drug-likeness (QED) is 0.572. The van der Waals surface area contributed by atoms with Crippen molar-refractivity contribution in [2.45, 2.75) is 20.8 Å². The zero-order chi connectivity index (χ0) is 8.85. The van der Waals surface area contributed by atoms with Gasteiger partial charge in [0.2, 0.25) is 0 Å². The Hall–Kier alpha value is -0.200. The molecule has 0 aromatic heterocycles. The van der Waals surface area contributed by atoms with Crippen molar-refractivity contribution >= 4 is 23.2 Å². The van der Waals surface area contributed by atoms with Crippen LogP contribution in [0.2, 0.25) is 10.0 Å². The number of hydrogen-bond acceptors (Lipinski definition) is 0. The minimum Gasteiger partial charge on any atom is -0.0843 e. The minimum absolute atomic E-state index is 0.694. The molecule has 0 aliphatic rings. The maximum atomic E-state index is 5.67. The molecule has 0 fully saturated rings. The number of hydrogen-bond donors (Lipinski definition) is 0. The Bertz CT molecular complexity index is 168. The van der Waals surface area contributed by atoms with E-state index in [1.807, 2.05) is 32.9 Å². The van der Waals surface area contributed by atoms with Crippen LogP contribution in [0.5, 0.6) is 0 Å². The molecule has 0 saturated carbocycles. The average molecular weight is 191 g/mol. The largest absolute Gasteiger partial charge is 0.0843 e. The third kappa shape index (κ3) is 4.28. The Labute approximate surface area is 78.1 Å². The maximum Gasteiger partial charge on any atom is 0.0423 e. The van der Waals surface area contributed by atoms with Gasteiger partial charge in [-0.05, 0) is 30.7 Å². The van der Waals surface area contributed by atoms with Gasteiger partial charge in [-0.3, -0.25) is 0 Å². The van der Waals surface area contributed by atoms with Crippen LogP contribution in [0, 0.1) is 6.92 Å². The molecule has 0 bridgehead atoms. The Morgan fingerprint density at radius 1 is 0.909 bits per heavy atom. The second-order valence-corrected chi connectivity index (χ2v) is 2.82. The fraction of sp³-hybridized carbons (Fsp3) is 0.333. The molecule has 0 amide bonds. The molecular formula is C9H12Cl2. The lowest BCUT2D eigenvalue weighted by Gasteiger charge is -1.93. The molecule has 0 radical (unpaired) electrons. The number of halogens is 2. The van der Waals surface area contributed by atoms with Crippen LogP contribution < -0.4 is 0 Å². The van der Waals surface area contributed by atoms with E-state index in [1.54, 1.807) is 6.07 Å². The lowest BCUT2D eigenvalue weighted by atomic mass is 10.2. The van der Waals surface area contributed by atoms with Crippen LogP contribution in [0.4, 0.5) is 0 Å². The van der Waals surface area contributed by atoms with Crippen LogP contribution in [0.1, 0.15) is 19.4 Å². The highest BCUT2D eigenvalue weighted by atomic mass is 35.5. The highest BCUT2D eigenvalue weighted by molar-refractivity contribution is 6.34. The van der Waals surface area contributed by atoms with Gasteiger partial charge < -0.3 is 0 Å². The van der Waals surface area contributed by atoms with Gasteiger partial charge in [-0.25, -0.2) is 0 Å². The molecule has 0 nitrogen and oxygen atoms in total. The molecule has 0 N–H and O–H groups in total. The van der Waals surface area contributed by atoms with E-state index in [-0.39, 0.29) is 0 Å². The van der Waals surface area contributed by atoms with Crippen LogP contribution in [-0.2, 0) is 0 Å². The van der Waals surface area contributed by atoms with E-state index < -0.39 is 0 Å². The molecular weight excluding hydrogens is 179 g/mol. The van der Waals surface area contributed by atoms with Gasteiger partial charge in [-0.15, -0.1) is 0 Å². The fourth-order valence-corrected chi connectivity index (χ4v) is 1.33. The van der Waals surface area contributed by atoms with Gasteiger partial charge in [0.1, 0.15) is 0 Å². The van der Waals surface area contributed by atoms with Crippen molar-refractivity contribution in [1.29, 1.82) is 0 Å². The first-order valence-corrected chi connectivity index (χ1v) is 4.37. The monoisotopic (exact) mass is 190 g/mol. The lowest BCUT2D eigenvalue weighted by Crippen LogP contribution is -1.70. The third-order valence-corrected chi connectivity index (χ3v) is 1.44. The predicted octanol–water partition coefficient (Wildman–Crippen LogP) is 4.33. The van der Waals surface area contributed by atoms with Crippen molar-refractivity contribution in [2.75, 3.05) is 0 Å². The predicted molar refractivity (Wildman–Crippen MR) is 52.5 cm³/mol. The molecule has 0 atom stereocenters. The van der Waals surface area contributed by atoms with Gasteiger partial charge in [0.15, 0.2) is 0 Å². The number of aryl methyl sites for hydroxylation is 1. The van der Waals surface area contributed by atoms with E-state index in [1.165, 1.54) is 0 Å². The van der Waals surface area contributed by atoms with Crippen LogP contribution >= 0.6 is 23.2 Å². The molecule has 0 aliphatic carbocycles. The Balaban J connectivity index is 0.000000461. The molecule has 1 aromatic rings. The summed E-state index contributed by atoms with van der Waals surface area (Å²) >= 11 is 11.3. The number of rotatable bonds is 0. The van der Waals surface area contributed by atoms with Crippen molar-refractivity contribution in [3.8, 4) is 0 Å². The van der Waals surface area contributed by atoms with Gasteiger partial charge in [-0.1, -0.05) is 37.0 Å². The zero-order valence-electron chi connectivity index (χ0n) is 6.99. The number of benzene rings is 1. The van der Waals surface area contributed by atoms with Crippen molar-refractivity contribution in [3.05, 3.63) is 33.8 Å². The van der Waals surface area contributed by atoms with Gasteiger partial charge in [0.05, 0.1) is 0 Å². The lowest BCUT2D eigenvalue weighted by molar-refractivity contribution is 1.47. The van der Waals surface area contributed by atoms with Crippen LogP contribution in [0.3, 0.4) is 0 Å². The van der Waals surface area contributed by atoms with Crippen molar-refractivity contribution in [2.24, 2.45) is 0 Å². The van der Waals surface area contributed by atoms with Crippen molar-refractivity contribution in [3.63, 3.8) is 0 Å². The summed E-state index contributed by atoms with van der Waals surface area (Å²) in [5.41, 5.74) is 1.09. The molecule has 11 heavy (non-hydrogen) atoms. The molecule has 0 heterocycles. The van der Waals surface area contributed by atoms with E-state index in [0.29, 0.717) is 10.0 Å². The summed E-state index contributed by atoms with van der Waals surface area (Å²) in [4.78, 5) is 0. The molecule has 2 heteroatoms. The van der Waals surface area contributed by atoms with E-state index >= 15 is 0 Å². The summed E-state index contributed by atoms with van der Waals surface area (Å²) in [5, 5.41) is 1.39. The molecule has 0 spiro atoms. The maximum absolute atomic E-state index is 5.67. The highest BCUT2D eigenvalue weighted by Gasteiger charge is 1.90. The minimum atomic E-state index is 0.694. The Morgan fingerprint density at radius 3 is 1.55 bits per heavy atom. The van der Waals surface area contributed by atoms with E-state index in [2.05, 4.69) is 0 Å². The summed E-state index contributed by atoms with van der Waals surface area (Å²) in [7, 11) is 0. The van der Waals surface area contributed by atoms with E-state index in [9.17, 15) is 0 Å². The second kappa shape index (κ2) is 5.45. The van der Waals surface area contributed by atoms with Crippen molar-refractivity contribution < 1.29 is 0 Å². The van der Waals surface area contributed by atoms with Gasteiger partial charge in [0.25, 0.3) is 0 Å². The first kappa shape index (κ1) is 10.8. The van der Waals surface area contributed by atoms with Gasteiger partial charge in [0, 0.05) is 10.0 Å². The summed E-state index contributed by atoms with van der Waals surface area (Å²) in [5.74, 6) is 0. The SMILES string of the molecule is CC.Cc1cc(Cl)cc(Cl)c1. The average Bonchev–Trinajstić information content (AvgIpc) is 1.88. The molecule has 0 aliphatic heterocycles. The fourth-order valence-electron chi connectivity index (χ4n) is 0.692. The van der Waals surface area contributed by atoms with Crippen LogP contribution in [0.25, 0.3) is 0 Å². The Morgan fingerprint density at radius 2 is 1.27 bits per heavy atom. The molecule has 0 unspecified atom stereocenters. The summed E-state index contributed by atoms with van der Waals surface area (Å²) in [6, 6.07) is 5.46.